The Bertz CT molecular complexity index is 150. The lowest BCUT2D eigenvalue weighted by atomic mass is 10.1. The molecular formula is C7H11FO2. The Labute approximate surface area is 59.4 Å². The molecule has 0 aromatic heterocycles. The predicted molar refractivity (Wildman–Crippen MR) is 36.3 cm³/mol. The van der Waals surface area contributed by atoms with Crippen molar-refractivity contribution in [2.45, 2.75) is 20.3 Å². The van der Waals surface area contributed by atoms with Gasteiger partial charge in [-0.2, -0.15) is 4.39 Å². The normalized spacial score (nSPS) is 12.2. The van der Waals surface area contributed by atoms with Gasteiger partial charge in [0, 0.05) is 6.42 Å². The van der Waals surface area contributed by atoms with E-state index in [0.29, 0.717) is 12.5 Å². The van der Waals surface area contributed by atoms with Gasteiger partial charge in [-0.3, -0.25) is 4.79 Å². The van der Waals surface area contributed by atoms with E-state index in [0.717, 1.165) is 0 Å². The zero-order valence-electron chi connectivity index (χ0n) is 6.10. The second-order valence-corrected chi connectivity index (χ2v) is 2.54. The zero-order valence-corrected chi connectivity index (χ0v) is 6.10. The molecule has 0 bridgehead atoms. The van der Waals surface area contributed by atoms with Gasteiger partial charge in [-0.25, -0.2) is 0 Å². The van der Waals surface area contributed by atoms with Crippen LogP contribution in [0.5, 0.6) is 0 Å². The molecule has 0 aliphatic heterocycles. The van der Waals surface area contributed by atoms with E-state index in [-0.39, 0.29) is 11.7 Å². The molecule has 0 amide bonds. The van der Waals surface area contributed by atoms with Crippen LogP contribution in [0.15, 0.2) is 11.8 Å². The number of aliphatic hydroxyl groups is 1. The maximum Gasteiger partial charge on any atom is 0.328 e. The minimum Gasteiger partial charge on any atom is -0.512 e. The third-order valence-corrected chi connectivity index (χ3v) is 0.897. The van der Waals surface area contributed by atoms with Crippen LogP contribution in [0.25, 0.3) is 0 Å². The molecule has 0 radical (unpaired) electrons. The Kier molecular flexibility index (Phi) is 3.69. The standard InChI is InChI=1S/C7H11FO2/c1-5(2)3-6(9)4-7(8)10/h4-5,9H,3H2,1-2H3/b6-4-. The molecule has 0 aliphatic rings. The fraction of sp³-hybridized carbons (Fsp3) is 0.571. The molecule has 0 rings (SSSR count). The Hall–Kier alpha value is -0.860. The molecule has 0 atom stereocenters. The summed E-state index contributed by atoms with van der Waals surface area (Å²) in [6, 6.07) is -1.60. The minimum atomic E-state index is -1.60. The Morgan fingerprint density at radius 2 is 2.20 bits per heavy atom. The molecular weight excluding hydrogens is 135 g/mol. The molecule has 58 valence electrons. The van der Waals surface area contributed by atoms with Gasteiger partial charge in [0.1, 0.15) is 0 Å². The van der Waals surface area contributed by atoms with Crippen LogP contribution in [0.1, 0.15) is 20.3 Å². The van der Waals surface area contributed by atoms with Gasteiger partial charge in [-0.1, -0.05) is 13.8 Å². The van der Waals surface area contributed by atoms with Gasteiger partial charge in [0.25, 0.3) is 0 Å². The number of hydrogen-bond acceptors (Lipinski definition) is 2. The molecule has 0 fully saturated rings. The van der Waals surface area contributed by atoms with E-state index in [9.17, 15) is 9.18 Å². The number of rotatable bonds is 3. The molecule has 3 heteroatoms. The molecule has 2 nitrogen and oxygen atoms in total. The first-order valence-electron chi connectivity index (χ1n) is 3.11. The lowest BCUT2D eigenvalue weighted by Gasteiger charge is -2.00. The highest BCUT2D eigenvalue weighted by Crippen LogP contribution is 2.06. The SMILES string of the molecule is CC(C)C/C(O)=C/C(=O)F. The highest BCUT2D eigenvalue weighted by molar-refractivity contribution is 5.81. The molecule has 0 aliphatic carbocycles. The van der Waals surface area contributed by atoms with Crippen LogP contribution in [0.3, 0.4) is 0 Å². The van der Waals surface area contributed by atoms with Gasteiger partial charge < -0.3 is 5.11 Å². The van der Waals surface area contributed by atoms with Crippen molar-refractivity contribution in [2.75, 3.05) is 0 Å². The van der Waals surface area contributed by atoms with Crippen molar-refractivity contribution in [1.29, 1.82) is 0 Å². The summed E-state index contributed by atoms with van der Waals surface area (Å²) < 4.78 is 11.5. The van der Waals surface area contributed by atoms with Crippen LogP contribution in [0.2, 0.25) is 0 Å². The van der Waals surface area contributed by atoms with Gasteiger partial charge in [0.2, 0.25) is 0 Å². The molecule has 0 aromatic rings. The van der Waals surface area contributed by atoms with Crippen molar-refractivity contribution in [3.63, 3.8) is 0 Å². The number of carbonyl (C=O) groups is 1. The molecule has 0 unspecified atom stereocenters. The van der Waals surface area contributed by atoms with Crippen LogP contribution in [0, 0.1) is 5.92 Å². The van der Waals surface area contributed by atoms with Crippen LogP contribution < -0.4 is 0 Å². The van der Waals surface area contributed by atoms with Crippen LogP contribution >= 0.6 is 0 Å². The van der Waals surface area contributed by atoms with E-state index in [1.807, 2.05) is 13.8 Å². The first-order chi connectivity index (χ1) is 4.52. The Balaban J connectivity index is 3.83. The van der Waals surface area contributed by atoms with Crippen molar-refractivity contribution in [1.82, 2.24) is 0 Å². The van der Waals surface area contributed by atoms with E-state index >= 15 is 0 Å². The summed E-state index contributed by atoms with van der Waals surface area (Å²) in [4.78, 5) is 9.73. The largest absolute Gasteiger partial charge is 0.512 e. The molecule has 0 heterocycles. The van der Waals surface area contributed by atoms with E-state index in [1.54, 1.807) is 0 Å². The fourth-order valence-corrected chi connectivity index (χ4v) is 0.608. The van der Waals surface area contributed by atoms with Gasteiger partial charge >= 0.3 is 6.04 Å². The smallest absolute Gasteiger partial charge is 0.328 e. The number of hydrogen-bond donors (Lipinski definition) is 1. The van der Waals surface area contributed by atoms with Crippen molar-refractivity contribution in [3.05, 3.63) is 11.8 Å². The summed E-state index contributed by atoms with van der Waals surface area (Å²) in [5.74, 6) is 0.0399. The van der Waals surface area contributed by atoms with Crippen molar-refractivity contribution < 1.29 is 14.3 Å². The van der Waals surface area contributed by atoms with Crippen molar-refractivity contribution >= 4 is 6.04 Å². The summed E-state index contributed by atoms with van der Waals surface area (Å²) in [5.41, 5.74) is 0. The molecule has 10 heavy (non-hydrogen) atoms. The van der Waals surface area contributed by atoms with Crippen LogP contribution in [-0.4, -0.2) is 11.1 Å². The summed E-state index contributed by atoms with van der Waals surface area (Å²) in [5, 5.41) is 8.79. The molecule has 0 aromatic carbocycles. The topological polar surface area (TPSA) is 37.3 Å². The van der Waals surface area contributed by atoms with E-state index in [4.69, 9.17) is 5.11 Å². The molecule has 0 saturated heterocycles. The highest BCUT2D eigenvalue weighted by Gasteiger charge is 2.00. The molecule has 0 spiro atoms. The minimum absolute atomic E-state index is 0.192. The number of carbonyl (C=O) groups excluding carboxylic acids is 1. The number of halogens is 1. The maximum atomic E-state index is 11.5. The number of allylic oxidation sites excluding steroid dienone is 2. The summed E-state index contributed by atoms with van der Waals surface area (Å²) in [7, 11) is 0. The lowest BCUT2D eigenvalue weighted by Crippen LogP contribution is -1.92. The van der Waals surface area contributed by atoms with Gasteiger partial charge in [0.05, 0.1) is 11.8 Å². The van der Waals surface area contributed by atoms with Crippen molar-refractivity contribution in [2.24, 2.45) is 5.92 Å². The van der Waals surface area contributed by atoms with Crippen molar-refractivity contribution in [3.8, 4) is 0 Å². The monoisotopic (exact) mass is 146 g/mol. The van der Waals surface area contributed by atoms with Gasteiger partial charge in [0.15, 0.2) is 0 Å². The second-order valence-electron chi connectivity index (χ2n) is 2.54. The van der Waals surface area contributed by atoms with Crippen LogP contribution in [-0.2, 0) is 4.79 Å². The maximum absolute atomic E-state index is 11.5. The van der Waals surface area contributed by atoms with Gasteiger partial charge in [-0.05, 0) is 5.92 Å². The first-order valence-corrected chi connectivity index (χ1v) is 3.11. The Morgan fingerprint density at radius 3 is 2.50 bits per heavy atom. The molecule has 1 N–H and O–H groups in total. The summed E-state index contributed by atoms with van der Waals surface area (Å²) in [6.07, 6.45) is 0.940. The first kappa shape index (κ1) is 9.14. The third-order valence-electron chi connectivity index (χ3n) is 0.897. The predicted octanol–water partition coefficient (Wildman–Crippen LogP) is 1.97. The van der Waals surface area contributed by atoms with Crippen LogP contribution in [0.4, 0.5) is 4.39 Å². The third kappa shape index (κ3) is 5.28. The number of aliphatic hydroxyl groups excluding tert-OH is 1. The van der Waals surface area contributed by atoms with E-state index < -0.39 is 6.04 Å². The van der Waals surface area contributed by atoms with E-state index in [2.05, 4.69) is 0 Å². The van der Waals surface area contributed by atoms with Gasteiger partial charge in [-0.15, -0.1) is 0 Å². The average molecular weight is 146 g/mol. The summed E-state index contributed by atoms with van der Waals surface area (Å²) >= 11 is 0. The highest BCUT2D eigenvalue weighted by atomic mass is 19.1. The fourth-order valence-electron chi connectivity index (χ4n) is 0.608. The second kappa shape index (κ2) is 4.04. The zero-order chi connectivity index (χ0) is 8.15. The lowest BCUT2D eigenvalue weighted by molar-refractivity contribution is -0.124. The average Bonchev–Trinajstić information content (AvgIpc) is 1.58. The summed E-state index contributed by atoms with van der Waals surface area (Å²) in [6.45, 7) is 3.74. The molecule has 0 saturated carbocycles. The quantitative estimate of drug-likeness (QED) is 0.375. The Morgan fingerprint density at radius 1 is 1.70 bits per heavy atom. The van der Waals surface area contributed by atoms with E-state index in [1.165, 1.54) is 0 Å².